The molecule has 132 valence electrons. The van der Waals surface area contributed by atoms with Crippen LogP contribution in [0.25, 0.3) is 0 Å². The summed E-state index contributed by atoms with van der Waals surface area (Å²) in [6.45, 7) is 3.46. The summed E-state index contributed by atoms with van der Waals surface area (Å²) < 4.78 is 5.99. The number of rotatable bonds is 4. The van der Waals surface area contributed by atoms with Gasteiger partial charge in [0.15, 0.2) is 0 Å². The van der Waals surface area contributed by atoms with Crippen LogP contribution in [0.15, 0.2) is 35.8 Å². The first kappa shape index (κ1) is 16.6. The Morgan fingerprint density at radius 1 is 1.32 bits per heavy atom. The standard InChI is InChI=1S/C20H24N2O2S/c1-15-6-7-18(21-13-15)24-16-8-11-22(14-16)19(23)20(9-2-3-10-20)17-5-4-12-25-17/h4-7,12-13,16H,2-3,8-11,14H2,1H3. The second kappa shape index (κ2) is 6.79. The molecule has 4 rings (SSSR count). The van der Waals surface area contributed by atoms with Gasteiger partial charge in [0.1, 0.15) is 6.10 Å². The first-order valence-corrected chi connectivity index (χ1v) is 9.98. The lowest BCUT2D eigenvalue weighted by atomic mass is 9.83. The van der Waals surface area contributed by atoms with Crippen LogP contribution in [0.5, 0.6) is 5.88 Å². The predicted octanol–water partition coefficient (Wildman–Crippen LogP) is 3.94. The van der Waals surface area contributed by atoms with Gasteiger partial charge in [-0.2, -0.15) is 0 Å². The van der Waals surface area contributed by atoms with Crippen molar-refractivity contribution < 1.29 is 9.53 Å². The van der Waals surface area contributed by atoms with Crippen LogP contribution < -0.4 is 4.74 Å². The number of ether oxygens (including phenoxy) is 1. The van der Waals surface area contributed by atoms with Crippen LogP contribution in [0.4, 0.5) is 0 Å². The second-order valence-electron chi connectivity index (χ2n) is 7.22. The van der Waals surface area contributed by atoms with Crippen molar-refractivity contribution in [2.24, 2.45) is 0 Å². The Balaban J connectivity index is 1.45. The van der Waals surface area contributed by atoms with Crippen molar-refractivity contribution in [3.8, 4) is 5.88 Å². The van der Waals surface area contributed by atoms with Gasteiger partial charge in [0.2, 0.25) is 11.8 Å². The zero-order valence-corrected chi connectivity index (χ0v) is 15.4. The highest BCUT2D eigenvalue weighted by Crippen LogP contribution is 2.45. The molecular weight excluding hydrogens is 332 g/mol. The maximum absolute atomic E-state index is 13.4. The van der Waals surface area contributed by atoms with Crippen LogP contribution in [-0.4, -0.2) is 35.0 Å². The topological polar surface area (TPSA) is 42.4 Å². The normalized spacial score (nSPS) is 22.3. The molecule has 4 nitrogen and oxygen atoms in total. The van der Waals surface area contributed by atoms with Crippen LogP contribution in [-0.2, 0) is 10.2 Å². The molecule has 0 bridgehead atoms. The number of hydrogen-bond acceptors (Lipinski definition) is 4. The average Bonchev–Trinajstić information content (AvgIpc) is 3.38. The molecule has 2 fully saturated rings. The van der Waals surface area contributed by atoms with Crippen LogP contribution in [0, 0.1) is 6.92 Å². The van der Waals surface area contributed by atoms with Gasteiger partial charge in [0.25, 0.3) is 0 Å². The maximum Gasteiger partial charge on any atom is 0.234 e. The van der Waals surface area contributed by atoms with Crippen LogP contribution in [0.3, 0.4) is 0 Å². The average molecular weight is 356 g/mol. The summed E-state index contributed by atoms with van der Waals surface area (Å²) in [7, 11) is 0. The first-order chi connectivity index (χ1) is 12.2. The molecule has 3 heterocycles. The fraction of sp³-hybridized carbons (Fsp3) is 0.500. The lowest BCUT2D eigenvalue weighted by molar-refractivity contribution is -0.136. The van der Waals surface area contributed by atoms with Crippen molar-refractivity contribution in [3.05, 3.63) is 46.3 Å². The molecular formula is C20H24N2O2S. The Kier molecular flexibility index (Phi) is 4.50. The van der Waals surface area contributed by atoms with Gasteiger partial charge in [0, 0.05) is 30.1 Å². The molecule has 1 aliphatic carbocycles. The summed E-state index contributed by atoms with van der Waals surface area (Å²) in [5.41, 5.74) is 0.834. The number of aryl methyl sites for hydroxylation is 1. The Morgan fingerprint density at radius 2 is 2.16 bits per heavy atom. The molecule has 5 heteroatoms. The molecule has 1 aliphatic heterocycles. The second-order valence-corrected chi connectivity index (χ2v) is 8.17. The van der Waals surface area contributed by atoms with Gasteiger partial charge in [-0.1, -0.05) is 25.0 Å². The minimum Gasteiger partial charge on any atom is -0.472 e. The first-order valence-electron chi connectivity index (χ1n) is 9.10. The minimum atomic E-state index is -0.287. The van der Waals surface area contributed by atoms with Crippen molar-refractivity contribution >= 4 is 17.2 Å². The Bertz CT molecular complexity index is 721. The number of nitrogens with zero attached hydrogens (tertiary/aromatic N) is 2. The van der Waals surface area contributed by atoms with E-state index >= 15 is 0 Å². The molecule has 0 N–H and O–H groups in total. The van der Waals surface area contributed by atoms with Crippen molar-refractivity contribution in [1.82, 2.24) is 9.88 Å². The predicted molar refractivity (Wildman–Crippen MR) is 99.1 cm³/mol. The Labute approximate surface area is 152 Å². The third-order valence-electron chi connectivity index (χ3n) is 5.46. The molecule has 1 amide bonds. The molecule has 1 saturated carbocycles. The molecule has 0 aromatic carbocycles. The Morgan fingerprint density at radius 3 is 2.84 bits per heavy atom. The zero-order valence-electron chi connectivity index (χ0n) is 14.6. The molecule has 0 radical (unpaired) electrons. The van der Waals surface area contributed by atoms with Crippen LogP contribution >= 0.6 is 11.3 Å². The maximum atomic E-state index is 13.4. The SMILES string of the molecule is Cc1ccc(OC2CCN(C(=O)C3(c4cccs4)CCCC3)C2)nc1. The fourth-order valence-electron chi connectivity index (χ4n) is 4.10. The van der Waals surface area contributed by atoms with Gasteiger partial charge in [-0.15, -0.1) is 11.3 Å². The molecule has 25 heavy (non-hydrogen) atoms. The quantitative estimate of drug-likeness (QED) is 0.833. The Hall–Kier alpha value is -1.88. The van der Waals surface area contributed by atoms with Crippen molar-refractivity contribution in [1.29, 1.82) is 0 Å². The van der Waals surface area contributed by atoms with E-state index in [9.17, 15) is 4.79 Å². The largest absolute Gasteiger partial charge is 0.472 e. The molecule has 2 aliphatic rings. The highest BCUT2D eigenvalue weighted by atomic mass is 32.1. The van der Waals surface area contributed by atoms with E-state index in [0.717, 1.165) is 44.2 Å². The van der Waals surface area contributed by atoms with Crippen molar-refractivity contribution in [2.75, 3.05) is 13.1 Å². The molecule has 1 saturated heterocycles. The van der Waals surface area contributed by atoms with E-state index in [4.69, 9.17) is 4.74 Å². The van der Waals surface area contributed by atoms with E-state index < -0.39 is 0 Å². The fourth-order valence-corrected chi connectivity index (χ4v) is 5.08. The smallest absolute Gasteiger partial charge is 0.234 e. The summed E-state index contributed by atoms with van der Waals surface area (Å²) in [5.74, 6) is 0.953. The van der Waals surface area contributed by atoms with Crippen LogP contribution in [0.2, 0.25) is 0 Å². The third kappa shape index (κ3) is 3.17. The van der Waals surface area contributed by atoms with Crippen molar-refractivity contribution in [3.63, 3.8) is 0 Å². The minimum absolute atomic E-state index is 0.0425. The summed E-state index contributed by atoms with van der Waals surface area (Å²) in [4.78, 5) is 20.9. The van der Waals surface area contributed by atoms with Gasteiger partial charge in [-0.3, -0.25) is 4.79 Å². The van der Waals surface area contributed by atoms with E-state index in [1.165, 1.54) is 4.88 Å². The van der Waals surface area contributed by atoms with Crippen LogP contribution in [0.1, 0.15) is 42.5 Å². The number of amides is 1. The summed E-state index contributed by atoms with van der Waals surface area (Å²) in [5, 5.41) is 2.08. The van der Waals surface area contributed by atoms with Gasteiger partial charge in [0.05, 0.1) is 12.0 Å². The summed E-state index contributed by atoms with van der Waals surface area (Å²) in [6, 6.07) is 8.11. The highest BCUT2D eigenvalue weighted by molar-refractivity contribution is 7.10. The number of pyridine rings is 1. The highest BCUT2D eigenvalue weighted by Gasteiger charge is 2.47. The molecule has 2 aromatic heterocycles. The van der Waals surface area contributed by atoms with Crippen molar-refractivity contribution in [2.45, 2.75) is 50.5 Å². The number of likely N-dealkylation sites (tertiary alicyclic amines) is 1. The number of hydrogen-bond donors (Lipinski definition) is 0. The van der Waals surface area contributed by atoms with E-state index in [0.29, 0.717) is 18.3 Å². The van der Waals surface area contributed by atoms with E-state index in [2.05, 4.69) is 22.5 Å². The number of carbonyl (C=O) groups is 1. The number of thiophene rings is 1. The number of carbonyl (C=O) groups excluding carboxylic acids is 1. The molecule has 1 unspecified atom stereocenters. The molecule has 0 spiro atoms. The number of aromatic nitrogens is 1. The van der Waals surface area contributed by atoms with Gasteiger partial charge >= 0.3 is 0 Å². The summed E-state index contributed by atoms with van der Waals surface area (Å²) in [6.07, 6.45) is 6.98. The molecule has 2 aromatic rings. The zero-order chi connectivity index (χ0) is 17.3. The molecule has 1 atom stereocenters. The third-order valence-corrected chi connectivity index (χ3v) is 6.54. The lowest BCUT2D eigenvalue weighted by Crippen LogP contribution is -2.44. The summed E-state index contributed by atoms with van der Waals surface area (Å²) >= 11 is 1.72. The van der Waals surface area contributed by atoms with E-state index in [1.807, 2.05) is 30.2 Å². The monoisotopic (exact) mass is 356 g/mol. The van der Waals surface area contributed by atoms with Gasteiger partial charge < -0.3 is 9.64 Å². The van der Waals surface area contributed by atoms with E-state index in [1.54, 1.807) is 11.3 Å². The van der Waals surface area contributed by atoms with Gasteiger partial charge in [-0.05, 0) is 36.8 Å². The van der Waals surface area contributed by atoms with E-state index in [-0.39, 0.29) is 11.5 Å². The van der Waals surface area contributed by atoms with Gasteiger partial charge in [-0.25, -0.2) is 4.98 Å². The lowest BCUT2D eigenvalue weighted by Gasteiger charge is -2.31.